The van der Waals surface area contributed by atoms with Crippen LogP contribution in [-0.4, -0.2) is 31.9 Å². The number of anilines is 1. The van der Waals surface area contributed by atoms with E-state index in [1.54, 1.807) is 0 Å². The summed E-state index contributed by atoms with van der Waals surface area (Å²) in [5, 5.41) is 11.7. The van der Waals surface area contributed by atoms with E-state index in [0.717, 1.165) is 12.1 Å². The molecule has 102 valence electrons. The Morgan fingerprint density at radius 1 is 1.28 bits per heavy atom. The fourth-order valence-corrected chi connectivity index (χ4v) is 2.12. The van der Waals surface area contributed by atoms with Gasteiger partial charge < -0.3 is 10.4 Å². The Morgan fingerprint density at radius 2 is 1.83 bits per heavy atom. The second kappa shape index (κ2) is 6.10. The highest BCUT2D eigenvalue weighted by Gasteiger charge is 2.26. The predicted octanol–water partition coefficient (Wildman–Crippen LogP) is 1.87. The molecule has 1 rings (SSSR count). The summed E-state index contributed by atoms with van der Waals surface area (Å²) in [6.07, 6.45) is 0.539. The zero-order valence-electron chi connectivity index (χ0n) is 9.81. The highest BCUT2D eigenvalue weighted by atomic mass is 32.2. The summed E-state index contributed by atoms with van der Waals surface area (Å²) in [7, 11) is -4.53. The van der Waals surface area contributed by atoms with Crippen molar-refractivity contribution >= 4 is 15.5 Å². The molecule has 0 aliphatic heterocycles. The number of rotatable bonds is 6. The van der Waals surface area contributed by atoms with Gasteiger partial charge in [-0.05, 0) is 37.6 Å². The minimum absolute atomic E-state index is 0.00700. The van der Waals surface area contributed by atoms with Crippen molar-refractivity contribution in [3.8, 4) is 0 Å². The Balaban J connectivity index is 2.81. The van der Waals surface area contributed by atoms with Crippen molar-refractivity contribution < 1.29 is 22.3 Å². The molecular weight excluding hydrogens is 264 g/mol. The highest BCUT2D eigenvalue weighted by molar-refractivity contribution is 7.91. The van der Waals surface area contributed by atoms with Gasteiger partial charge in [-0.2, -0.15) is 8.78 Å². The number of aliphatic hydroxyl groups excluding tert-OH is 1. The number of sulfone groups is 1. The number of aliphatic hydroxyl groups is 1. The van der Waals surface area contributed by atoms with Crippen LogP contribution in [0.15, 0.2) is 29.2 Å². The molecule has 0 saturated carbocycles. The maximum absolute atomic E-state index is 12.3. The monoisotopic (exact) mass is 279 g/mol. The standard InChI is InChI=1S/C11H15F2NO3S/c1-8(6-7-15)14-9-2-4-10(5-3-9)18(16,17)11(12)13/h2-5,8,11,14-15H,6-7H2,1H3/t8-/m1/s1. The van der Waals surface area contributed by atoms with Gasteiger partial charge in [0.1, 0.15) is 0 Å². The van der Waals surface area contributed by atoms with E-state index < -0.39 is 20.5 Å². The van der Waals surface area contributed by atoms with E-state index in [1.165, 1.54) is 12.1 Å². The van der Waals surface area contributed by atoms with Crippen LogP contribution in [0, 0.1) is 0 Å². The van der Waals surface area contributed by atoms with Crippen LogP contribution in [0.1, 0.15) is 13.3 Å². The third-order valence-corrected chi connectivity index (χ3v) is 3.79. The molecule has 7 heteroatoms. The molecule has 0 aliphatic rings. The van der Waals surface area contributed by atoms with Gasteiger partial charge in [0, 0.05) is 18.3 Å². The van der Waals surface area contributed by atoms with Crippen molar-refractivity contribution in [1.82, 2.24) is 0 Å². The van der Waals surface area contributed by atoms with Gasteiger partial charge in [0.2, 0.25) is 9.84 Å². The number of hydrogen-bond acceptors (Lipinski definition) is 4. The highest BCUT2D eigenvalue weighted by Crippen LogP contribution is 2.20. The van der Waals surface area contributed by atoms with Crippen molar-refractivity contribution in [3.05, 3.63) is 24.3 Å². The summed E-state index contributed by atoms with van der Waals surface area (Å²) in [5.41, 5.74) is 0.615. The number of hydrogen-bond donors (Lipinski definition) is 2. The van der Waals surface area contributed by atoms with Gasteiger partial charge in [-0.1, -0.05) is 0 Å². The number of alkyl halides is 2. The molecular formula is C11H15F2NO3S. The largest absolute Gasteiger partial charge is 0.396 e. The molecule has 0 radical (unpaired) electrons. The van der Waals surface area contributed by atoms with Crippen molar-refractivity contribution in [2.45, 2.75) is 30.0 Å². The SMILES string of the molecule is C[C@H](CCO)Nc1ccc(S(=O)(=O)C(F)F)cc1. The number of nitrogens with one attached hydrogen (secondary N) is 1. The van der Waals surface area contributed by atoms with Crippen LogP contribution >= 0.6 is 0 Å². The summed E-state index contributed by atoms with van der Waals surface area (Å²) < 4.78 is 46.9. The minimum Gasteiger partial charge on any atom is -0.396 e. The maximum Gasteiger partial charge on any atom is 0.341 e. The van der Waals surface area contributed by atoms with Crippen molar-refractivity contribution in [1.29, 1.82) is 0 Å². The molecule has 0 bridgehead atoms. The second-order valence-corrected chi connectivity index (χ2v) is 5.81. The zero-order valence-corrected chi connectivity index (χ0v) is 10.6. The van der Waals surface area contributed by atoms with E-state index in [0.29, 0.717) is 12.1 Å². The van der Waals surface area contributed by atoms with E-state index >= 15 is 0 Å². The molecule has 0 aliphatic carbocycles. The van der Waals surface area contributed by atoms with Crippen LogP contribution in [0.3, 0.4) is 0 Å². The van der Waals surface area contributed by atoms with Gasteiger partial charge in [-0.15, -0.1) is 0 Å². The smallest absolute Gasteiger partial charge is 0.341 e. The molecule has 1 aromatic rings. The number of benzene rings is 1. The van der Waals surface area contributed by atoms with Crippen molar-refractivity contribution in [3.63, 3.8) is 0 Å². The summed E-state index contributed by atoms with van der Waals surface area (Å²) in [6.45, 7) is 1.88. The van der Waals surface area contributed by atoms with E-state index in [1.807, 2.05) is 6.92 Å². The average molecular weight is 279 g/mol. The van der Waals surface area contributed by atoms with Gasteiger partial charge in [-0.3, -0.25) is 0 Å². The molecule has 0 aromatic heterocycles. The van der Waals surface area contributed by atoms with Crippen LogP contribution in [0.5, 0.6) is 0 Å². The molecule has 18 heavy (non-hydrogen) atoms. The summed E-state index contributed by atoms with van der Waals surface area (Å²) in [4.78, 5) is -0.405. The molecule has 2 N–H and O–H groups in total. The van der Waals surface area contributed by atoms with Crippen LogP contribution < -0.4 is 5.32 Å². The second-order valence-electron chi connectivity index (χ2n) is 3.89. The Hall–Kier alpha value is -1.21. The lowest BCUT2D eigenvalue weighted by Gasteiger charge is -2.14. The molecule has 0 unspecified atom stereocenters. The quantitative estimate of drug-likeness (QED) is 0.834. The normalized spacial score (nSPS) is 13.6. The Morgan fingerprint density at radius 3 is 2.28 bits per heavy atom. The Bertz CT molecular complexity index is 474. The first-order valence-electron chi connectivity index (χ1n) is 5.37. The van der Waals surface area contributed by atoms with Crippen LogP contribution in [-0.2, 0) is 9.84 Å². The van der Waals surface area contributed by atoms with Crippen LogP contribution in [0.25, 0.3) is 0 Å². The molecule has 0 amide bonds. The van der Waals surface area contributed by atoms with E-state index in [9.17, 15) is 17.2 Å². The topological polar surface area (TPSA) is 66.4 Å². The Labute approximate surface area is 105 Å². The minimum atomic E-state index is -4.53. The first-order chi connectivity index (χ1) is 8.37. The molecule has 0 fully saturated rings. The van der Waals surface area contributed by atoms with Gasteiger partial charge in [0.15, 0.2) is 0 Å². The van der Waals surface area contributed by atoms with Gasteiger partial charge in [-0.25, -0.2) is 8.42 Å². The van der Waals surface area contributed by atoms with Crippen molar-refractivity contribution in [2.24, 2.45) is 0 Å². The van der Waals surface area contributed by atoms with Gasteiger partial charge in [0.25, 0.3) is 0 Å². The van der Waals surface area contributed by atoms with Gasteiger partial charge >= 0.3 is 5.76 Å². The lowest BCUT2D eigenvalue weighted by Crippen LogP contribution is -2.16. The third-order valence-electron chi connectivity index (χ3n) is 2.39. The summed E-state index contributed by atoms with van der Waals surface area (Å²) >= 11 is 0. The number of halogens is 2. The maximum atomic E-state index is 12.3. The van der Waals surface area contributed by atoms with Crippen LogP contribution in [0.2, 0.25) is 0 Å². The molecule has 0 heterocycles. The fraction of sp³-hybridized carbons (Fsp3) is 0.455. The fourth-order valence-electron chi connectivity index (χ4n) is 1.39. The zero-order chi connectivity index (χ0) is 13.8. The Kier molecular flexibility index (Phi) is 5.03. The van der Waals surface area contributed by atoms with E-state index in [-0.39, 0.29) is 12.6 Å². The van der Waals surface area contributed by atoms with E-state index in [4.69, 9.17) is 5.11 Å². The first kappa shape index (κ1) is 14.8. The summed E-state index contributed by atoms with van der Waals surface area (Å²) in [6, 6.07) is 5.12. The predicted molar refractivity (Wildman–Crippen MR) is 64.4 cm³/mol. The van der Waals surface area contributed by atoms with Crippen LogP contribution in [0.4, 0.5) is 14.5 Å². The average Bonchev–Trinajstić information content (AvgIpc) is 2.29. The first-order valence-corrected chi connectivity index (χ1v) is 6.92. The molecule has 0 spiro atoms. The molecule has 4 nitrogen and oxygen atoms in total. The lowest BCUT2D eigenvalue weighted by molar-refractivity contribution is 0.234. The van der Waals surface area contributed by atoms with Crippen molar-refractivity contribution in [2.75, 3.05) is 11.9 Å². The molecule has 0 saturated heterocycles. The van der Waals surface area contributed by atoms with Gasteiger partial charge in [0.05, 0.1) is 4.90 Å². The molecule has 1 atom stereocenters. The summed E-state index contributed by atoms with van der Waals surface area (Å²) in [5.74, 6) is -3.41. The third kappa shape index (κ3) is 3.64. The molecule has 1 aromatic carbocycles. The van der Waals surface area contributed by atoms with E-state index in [2.05, 4.69) is 5.32 Å². The lowest BCUT2D eigenvalue weighted by atomic mass is 10.2.